The van der Waals surface area contributed by atoms with E-state index >= 15 is 0 Å². The maximum atomic E-state index is 13.2. The molecule has 3 aliphatic rings. The summed E-state index contributed by atoms with van der Waals surface area (Å²) < 4.78 is 37.3. The molecule has 0 spiro atoms. The second-order valence-corrected chi connectivity index (χ2v) is 15.6. The van der Waals surface area contributed by atoms with Crippen LogP contribution in [0.3, 0.4) is 0 Å². The van der Waals surface area contributed by atoms with E-state index in [1.165, 1.54) is 0 Å². The Morgan fingerprint density at radius 3 is 2.27 bits per heavy atom. The lowest BCUT2D eigenvalue weighted by Gasteiger charge is -2.46. The van der Waals surface area contributed by atoms with Crippen molar-refractivity contribution < 1.29 is 17.9 Å². The monoisotopic (exact) mass is 581 g/mol. The second-order valence-electron chi connectivity index (χ2n) is 13.6. The van der Waals surface area contributed by atoms with E-state index in [2.05, 4.69) is 41.3 Å². The van der Waals surface area contributed by atoms with E-state index in [1.807, 2.05) is 27.8 Å². The van der Waals surface area contributed by atoms with E-state index in [0.717, 1.165) is 56.8 Å². The van der Waals surface area contributed by atoms with Crippen LogP contribution in [0, 0.1) is 12.8 Å². The van der Waals surface area contributed by atoms with Crippen molar-refractivity contribution in [2.24, 2.45) is 5.92 Å². The molecule has 1 amide bonds. The SMILES string of the molecule is Cc1cc(N2CC[C@@H](CN(C)S(=O)(=O)N3CCN(C)CC3)CC2(C)C)nn1C1CCN(C(=O)OC(C)(C)C)CC1. The summed E-state index contributed by atoms with van der Waals surface area (Å²) in [7, 11) is 0.317. The largest absolute Gasteiger partial charge is 0.444 e. The van der Waals surface area contributed by atoms with E-state index in [1.54, 1.807) is 20.6 Å². The molecule has 0 aliphatic carbocycles. The zero-order valence-electron chi connectivity index (χ0n) is 25.9. The summed E-state index contributed by atoms with van der Waals surface area (Å²) in [4.78, 5) is 18.8. The zero-order chi connectivity index (χ0) is 29.5. The number of anilines is 1. The van der Waals surface area contributed by atoms with Crippen LogP contribution >= 0.6 is 0 Å². The van der Waals surface area contributed by atoms with Gasteiger partial charge in [0.15, 0.2) is 5.82 Å². The minimum atomic E-state index is -3.44. The normalized spacial score (nSPS) is 24.1. The highest BCUT2D eigenvalue weighted by Crippen LogP contribution is 2.37. The number of piperidine rings is 2. The van der Waals surface area contributed by atoms with E-state index < -0.39 is 15.8 Å². The number of likely N-dealkylation sites (N-methyl/N-ethyl adjacent to an activating group) is 1. The van der Waals surface area contributed by atoms with Gasteiger partial charge in [-0.15, -0.1) is 0 Å². The molecular formula is C28H51N7O4S. The van der Waals surface area contributed by atoms with Gasteiger partial charge in [-0.05, 0) is 80.2 Å². The number of aryl methyl sites for hydroxylation is 1. The molecule has 4 rings (SSSR count). The minimum Gasteiger partial charge on any atom is -0.444 e. The van der Waals surface area contributed by atoms with Crippen LogP contribution in [-0.2, 0) is 14.9 Å². The number of likely N-dealkylation sites (tertiary alicyclic amines) is 1. The van der Waals surface area contributed by atoms with Crippen molar-refractivity contribution >= 4 is 22.1 Å². The Labute approximate surface area is 241 Å². The molecule has 4 heterocycles. The Morgan fingerprint density at radius 2 is 1.70 bits per heavy atom. The van der Waals surface area contributed by atoms with Gasteiger partial charge in [0.05, 0.1) is 6.04 Å². The third kappa shape index (κ3) is 7.11. The van der Waals surface area contributed by atoms with Gasteiger partial charge in [-0.3, -0.25) is 4.68 Å². The fraction of sp³-hybridized carbons (Fsp3) is 0.857. The predicted octanol–water partition coefficient (Wildman–Crippen LogP) is 3.18. The molecule has 0 aromatic carbocycles. The summed E-state index contributed by atoms with van der Waals surface area (Å²) in [5.41, 5.74) is 0.491. The maximum Gasteiger partial charge on any atom is 0.410 e. The van der Waals surface area contributed by atoms with Gasteiger partial charge in [-0.2, -0.15) is 22.1 Å². The zero-order valence-corrected chi connectivity index (χ0v) is 26.7. The molecule has 228 valence electrons. The maximum absolute atomic E-state index is 13.2. The fourth-order valence-corrected chi connectivity index (χ4v) is 7.80. The van der Waals surface area contributed by atoms with E-state index in [9.17, 15) is 13.2 Å². The van der Waals surface area contributed by atoms with Gasteiger partial charge < -0.3 is 19.4 Å². The molecule has 1 aromatic heterocycles. The summed E-state index contributed by atoms with van der Waals surface area (Å²) in [6, 6.07) is 2.42. The van der Waals surface area contributed by atoms with Crippen LogP contribution in [0.25, 0.3) is 0 Å². The highest BCUT2D eigenvalue weighted by Gasteiger charge is 2.39. The van der Waals surface area contributed by atoms with Crippen molar-refractivity contribution in [2.75, 3.05) is 71.4 Å². The number of rotatable bonds is 6. The van der Waals surface area contributed by atoms with E-state index in [-0.39, 0.29) is 17.7 Å². The first-order valence-corrected chi connectivity index (χ1v) is 16.2. The molecule has 0 bridgehead atoms. The number of piperazine rings is 1. The van der Waals surface area contributed by atoms with Crippen LogP contribution in [-0.4, -0.2) is 120 Å². The second kappa shape index (κ2) is 11.8. The molecule has 0 saturated carbocycles. The summed E-state index contributed by atoms with van der Waals surface area (Å²) in [5, 5.41) is 5.07. The van der Waals surface area contributed by atoms with Crippen molar-refractivity contribution in [3.8, 4) is 0 Å². The average Bonchev–Trinajstić information content (AvgIpc) is 3.23. The number of hydrogen-bond donors (Lipinski definition) is 0. The van der Waals surface area contributed by atoms with Crippen molar-refractivity contribution in [1.29, 1.82) is 0 Å². The Kier molecular flexibility index (Phi) is 9.14. The van der Waals surface area contributed by atoms with Gasteiger partial charge in [0.2, 0.25) is 0 Å². The van der Waals surface area contributed by atoms with Crippen molar-refractivity contribution in [3.63, 3.8) is 0 Å². The van der Waals surface area contributed by atoms with E-state index in [4.69, 9.17) is 9.84 Å². The Hall–Kier alpha value is -1.89. The smallest absolute Gasteiger partial charge is 0.410 e. The van der Waals surface area contributed by atoms with Crippen molar-refractivity contribution in [3.05, 3.63) is 11.8 Å². The van der Waals surface area contributed by atoms with E-state index in [0.29, 0.717) is 38.6 Å². The van der Waals surface area contributed by atoms with Gasteiger partial charge in [0.25, 0.3) is 10.2 Å². The molecule has 1 atom stereocenters. The quantitative estimate of drug-likeness (QED) is 0.509. The highest BCUT2D eigenvalue weighted by atomic mass is 32.2. The van der Waals surface area contributed by atoms with Crippen LogP contribution in [0.15, 0.2) is 6.07 Å². The number of ether oxygens (including phenoxy) is 1. The first-order chi connectivity index (χ1) is 18.6. The fourth-order valence-electron chi connectivity index (χ4n) is 6.38. The number of aromatic nitrogens is 2. The molecule has 3 aliphatic heterocycles. The standard InChI is InChI=1S/C28H51N7O4S/c1-22-19-25(29-35(22)24-10-12-32(13-11-24)26(36)39-27(2,3)4)34-14-9-23(20-28(34,5)6)21-31(8)40(37,38)33-17-15-30(7)16-18-33/h19,23-24H,9-18,20-21H2,1-8H3/t23-/m1/s1. The number of nitrogens with zero attached hydrogens (tertiary/aromatic N) is 7. The van der Waals surface area contributed by atoms with Gasteiger partial charge in [0.1, 0.15) is 5.60 Å². The summed E-state index contributed by atoms with van der Waals surface area (Å²) >= 11 is 0. The predicted molar refractivity (Wildman–Crippen MR) is 158 cm³/mol. The number of hydrogen-bond acceptors (Lipinski definition) is 7. The van der Waals surface area contributed by atoms with Gasteiger partial charge in [-0.1, -0.05) is 0 Å². The van der Waals surface area contributed by atoms with Crippen LogP contribution in [0.1, 0.15) is 72.0 Å². The van der Waals surface area contributed by atoms with Crippen molar-refractivity contribution in [1.82, 2.24) is 28.2 Å². The Balaban J connectivity index is 1.35. The molecule has 40 heavy (non-hydrogen) atoms. The number of carbonyl (C=O) groups is 1. The third-order valence-electron chi connectivity index (χ3n) is 8.63. The third-order valence-corrected chi connectivity index (χ3v) is 10.6. The summed E-state index contributed by atoms with van der Waals surface area (Å²) in [6.07, 6.45) is 3.28. The molecule has 3 saturated heterocycles. The molecule has 0 radical (unpaired) electrons. The molecule has 11 nitrogen and oxygen atoms in total. The molecule has 3 fully saturated rings. The first kappa shape index (κ1) is 31.1. The summed E-state index contributed by atoms with van der Waals surface area (Å²) in [5.74, 6) is 1.27. The average molecular weight is 582 g/mol. The molecule has 0 unspecified atom stereocenters. The van der Waals surface area contributed by atoms with Crippen molar-refractivity contribution in [2.45, 2.75) is 84.4 Å². The van der Waals surface area contributed by atoms with Crippen LogP contribution in [0.2, 0.25) is 0 Å². The van der Waals surface area contributed by atoms with Gasteiger partial charge in [-0.25, -0.2) is 4.79 Å². The summed E-state index contributed by atoms with van der Waals surface area (Å²) in [6.45, 7) is 17.6. The lowest BCUT2D eigenvalue weighted by Crippen LogP contribution is -2.54. The number of carbonyl (C=O) groups excluding carboxylic acids is 1. The first-order valence-electron chi connectivity index (χ1n) is 14.8. The Bertz CT molecular complexity index is 1130. The lowest BCUT2D eigenvalue weighted by molar-refractivity contribution is 0.0184. The van der Waals surface area contributed by atoms with Crippen LogP contribution < -0.4 is 4.90 Å². The minimum absolute atomic E-state index is 0.146. The van der Waals surface area contributed by atoms with Gasteiger partial charge >= 0.3 is 6.09 Å². The highest BCUT2D eigenvalue weighted by molar-refractivity contribution is 7.86. The van der Waals surface area contributed by atoms with Gasteiger partial charge in [0, 0.05) is 76.7 Å². The number of amides is 1. The van der Waals surface area contributed by atoms with Crippen LogP contribution in [0.4, 0.5) is 10.6 Å². The molecule has 1 aromatic rings. The van der Waals surface area contributed by atoms with Crippen LogP contribution in [0.5, 0.6) is 0 Å². The molecular weight excluding hydrogens is 530 g/mol. The molecule has 12 heteroatoms. The topological polar surface area (TPSA) is 94.5 Å². The molecule has 0 N–H and O–H groups in total. The lowest BCUT2D eigenvalue weighted by atomic mass is 9.82. The Morgan fingerprint density at radius 1 is 1.07 bits per heavy atom.